The van der Waals surface area contributed by atoms with Crippen LogP contribution in [-0.4, -0.2) is 24.7 Å². The van der Waals surface area contributed by atoms with Crippen LogP contribution in [0.25, 0.3) is 0 Å². The minimum absolute atomic E-state index is 0.205. The molecule has 0 aromatic carbocycles. The van der Waals surface area contributed by atoms with Crippen molar-refractivity contribution in [1.82, 2.24) is 5.32 Å². The van der Waals surface area contributed by atoms with E-state index in [1.807, 2.05) is 6.08 Å². The number of nitrogens with one attached hydrogen (secondary N) is 1. The van der Waals surface area contributed by atoms with E-state index >= 15 is 0 Å². The summed E-state index contributed by atoms with van der Waals surface area (Å²) in [5.74, 6) is -0.205. The smallest absolute Gasteiger partial charge is 0.331 e. The van der Waals surface area contributed by atoms with Crippen LogP contribution in [0, 0.1) is 0 Å². The molecule has 0 radical (unpaired) electrons. The molecule has 1 fully saturated rings. The molecule has 2 heterocycles. The second-order valence-electron chi connectivity index (χ2n) is 2.75. The lowest BCUT2D eigenvalue weighted by Gasteiger charge is -2.17. The van der Waals surface area contributed by atoms with Gasteiger partial charge >= 0.3 is 5.97 Å². The van der Waals surface area contributed by atoms with Crippen LogP contribution in [0.4, 0.5) is 0 Å². The Labute approximate surface area is 59.1 Å². The molecule has 1 spiro atoms. The molecule has 2 rings (SSSR count). The molecule has 2 aliphatic heterocycles. The van der Waals surface area contributed by atoms with Gasteiger partial charge in [-0.05, 0) is 12.6 Å². The van der Waals surface area contributed by atoms with E-state index in [1.54, 1.807) is 0 Å². The second-order valence-corrected chi connectivity index (χ2v) is 2.75. The first kappa shape index (κ1) is 5.92. The van der Waals surface area contributed by atoms with Crippen molar-refractivity contribution in [2.75, 3.05) is 13.1 Å². The van der Waals surface area contributed by atoms with Gasteiger partial charge in [-0.1, -0.05) is 0 Å². The van der Waals surface area contributed by atoms with Crippen molar-refractivity contribution in [1.29, 1.82) is 0 Å². The van der Waals surface area contributed by atoms with Crippen LogP contribution in [0.1, 0.15) is 6.42 Å². The first-order valence-corrected chi connectivity index (χ1v) is 3.44. The third-order valence-corrected chi connectivity index (χ3v) is 1.98. The van der Waals surface area contributed by atoms with Gasteiger partial charge in [0.05, 0.1) is 0 Å². The fourth-order valence-electron chi connectivity index (χ4n) is 1.41. The SMILES string of the molecule is O=C1C=CC2(CCNC2)O1. The summed E-state index contributed by atoms with van der Waals surface area (Å²) in [7, 11) is 0. The predicted molar refractivity (Wildman–Crippen MR) is 35.4 cm³/mol. The van der Waals surface area contributed by atoms with Crippen LogP contribution >= 0.6 is 0 Å². The summed E-state index contributed by atoms with van der Waals surface area (Å²) in [6.45, 7) is 1.72. The molecule has 0 aromatic rings. The molecule has 3 heteroatoms. The highest BCUT2D eigenvalue weighted by Crippen LogP contribution is 2.25. The molecule has 3 nitrogen and oxygen atoms in total. The molecular formula is C7H9NO2. The molecule has 1 unspecified atom stereocenters. The monoisotopic (exact) mass is 139 g/mol. The number of rotatable bonds is 0. The van der Waals surface area contributed by atoms with Crippen molar-refractivity contribution in [3.8, 4) is 0 Å². The van der Waals surface area contributed by atoms with E-state index in [0.717, 1.165) is 19.5 Å². The molecule has 2 aliphatic rings. The number of hydrogen-bond donors (Lipinski definition) is 1. The van der Waals surface area contributed by atoms with E-state index in [-0.39, 0.29) is 11.6 Å². The van der Waals surface area contributed by atoms with Crippen molar-refractivity contribution >= 4 is 5.97 Å². The summed E-state index contributed by atoms with van der Waals surface area (Å²) in [4.78, 5) is 10.7. The van der Waals surface area contributed by atoms with Crippen LogP contribution in [0.3, 0.4) is 0 Å². The predicted octanol–water partition coefficient (Wildman–Crippen LogP) is -0.169. The Morgan fingerprint density at radius 2 is 2.60 bits per heavy atom. The van der Waals surface area contributed by atoms with Crippen molar-refractivity contribution in [3.63, 3.8) is 0 Å². The number of carbonyl (C=O) groups excluding carboxylic acids is 1. The second kappa shape index (κ2) is 1.83. The summed E-state index contributed by atoms with van der Waals surface area (Å²) in [5.41, 5.74) is -0.281. The molecule has 0 aliphatic carbocycles. The summed E-state index contributed by atoms with van der Waals surface area (Å²) < 4.78 is 5.10. The molecular weight excluding hydrogens is 130 g/mol. The van der Waals surface area contributed by atoms with Crippen molar-refractivity contribution in [2.45, 2.75) is 12.0 Å². The normalized spacial score (nSPS) is 37.4. The zero-order valence-electron chi connectivity index (χ0n) is 5.59. The van der Waals surface area contributed by atoms with Gasteiger partial charge in [0.1, 0.15) is 5.60 Å². The Hall–Kier alpha value is -0.830. The Kier molecular flexibility index (Phi) is 1.08. The zero-order chi connectivity index (χ0) is 7.03. The largest absolute Gasteiger partial charge is 0.450 e. The molecule has 0 aromatic heterocycles. The van der Waals surface area contributed by atoms with E-state index in [2.05, 4.69) is 5.32 Å². The molecule has 0 bridgehead atoms. The van der Waals surface area contributed by atoms with Gasteiger partial charge < -0.3 is 10.1 Å². The minimum atomic E-state index is -0.281. The van der Waals surface area contributed by atoms with Crippen LogP contribution in [-0.2, 0) is 9.53 Å². The van der Waals surface area contributed by atoms with Gasteiger partial charge in [0.2, 0.25) is 0 Å². The van der Waals surface area contributed by atoms with Gasteiger partial charge in [0, 0.05) is 19.0 Å². The van der Waals surface area contributed by atoms with E-state index in [1.165, 1.54) is 6.08 Å². The van der Waals surface area contributed by atoms with Gasteiger partial charge in [0.15, 0.2) is 0 Å². The summed E-state index contributed by atoms with van der Waals surface area (Å²) in [6.07, 6.45) is 4.28. The standard InChI is InChI=1S/C7H9NO2/c9-6-1-2-7(10-6)3-4-8-5-7/h1-2,8H,3-5H2. The number of hydrogen-bond acceptors (Lipinski definition) is 3. The molecule has 1 atom stereocenters. The average molecular weight is 139 g/mol. The fourth-order valence-corrected chi connectivity index (χ4v) is 1.41. The third kappa shape index (κ3) is 0.743. The summed E-state index contributed by atoms with van der Waals surface area (Å²) in [5, 5.41) is 3.15. The zero-order valence-corrected chi connectivity index (χ0v) is 5.59. The molecule has 1 N–H and O–H groups in total. The first-order chi connectivity index (χ1) is 4.81. The van der Waals surface area contributed by atoms with Gasteiger partial charge in [-0.2, -0.15) is 0 Å². The molecule has 0 amide bonds. The van der Waals surface area contributed by atoms with Crippen LogP contribution in [0.15, 0.2) is 12.2 Å². The lowest BCUT2D eigenvalue weighted by atomic mass is 10.0. The topological polar surface area (TPSA) is 38.3 Å². The van der Waals surface area contributed by atoms with Crippen molar-refractivity contribution in [3.05, 3.63) is 12.2 Å². The van der Waals surface area contributed by atoms with E-state index in [0.29, 0.717) is 0 Å². The first-order valence-electron chi connectivity index (χ1n) is 3.44. The molecule has 54 valence electrons. The maximum Gasteiger partial charge on any atom is 0.331 e. The van der Waals surface area contributed by atoms with E-state index < -0.39 is 0 Å². The van der Waals surface area contributed by atoms with Gasteiger partial charge in [-0.3, -0.25) is 0 Å². The van der Waals surface area contributed by atoms with Gasteiger partial charge in [0.25, 0.3) is 0 Å². The highest BCUT2D eigenvalue weighted by Gasteiger charge is 2.38. The Morgan fingerprint density at radius 3 is 3.10 bits per heavy atom. The Morgan fingerprint density at radius 1 is 1.70 bits per heavy atom. The van der Waals surface area contributed by atoms with Crippen LogP contribution in [0.5, 0.6) is 0 Å². The van der Waals surface area contributed by atoms with Crippen LogP contribution in [0.2, 0.25) is 0 Å². The van der Waals surface area contributed by atoms with E-state index in [9.17, 15) is 4.79 Å². The van der Waals surface area contributed by atoms with Crippen molar-refractivity contribution < 1.29 is 9.53 Å². The number of carbonyl (C=O) groups is 1. The highest BCUT2D eigenvalue weighted by molar-refractivity contribution is 5.85. The molecule has 1 saturated heterocycles. The minimum Gasteiger partial charge on any atom is -0.450 e. The Bertz CT molecular complexity index is 192. The van der Waals surface area contributed by atoms with E-state index in [4.69, 9.17) is 4.74 Å². The third-order valence-electron chi connectivity index (χ3n) is 1.98. The molecule has 10 heavy (non-hydrogen) atoms. The molecule has 0 saturated carbocycles. The lowest BCUT2D eigenvalue weighted by Crippen LogP contribution is -2.30. The average Bonchev–Trinajstić information content (AvgIpc) is 2.46. The fraction of sp³-hybridized carbons (Fsp3) is 0.571. The van der Waals surface area contributed by atoms with Gasteiger partial charge in [-0.15, -0.1) is 0 Å². The number of ether oxygens (including phenoxy) is 1. The summed E-state index contributed by atoms with van der Waals surface area (Å²) >= 11 is 0. The quantitative estimate of drug-likeness (QED) is 0.473. The summed E-state index contributed by atoms with van der Waals surface area (Å²) in [6, 6.07) is 0. The van der Waals surface area contributed by atoms with Gasteiger partial charge in [-0.25, -0.2) is 4.79 Å². The highest BCUT2D eigenvalue weighted by atomic mass is 16.6. The lowest BCUT2D eigenvalue weighted by molar-refractivity contribution is -0.144. The van der Waals surface area contributed by atoms with Crippen LogP contribution < -0.4 is 5.32 Å². The maximum absolute atomic E-state index is 10.7. The number of esters is 1. The Balaban J connectivity index is 2.18. The maximum atomic E-state index is 10.7. The van der Waals surface area contributed by atoms with Crippen molar-refractivity contribution in [2.24, 2.45) is 0 Å².